The maximum absolute atomic E-state index is 12.1. The molecule has 106 valence electrons. The van der Waals surface area contributed by atoms with Crippen LogP contribution in [0.25, 0.3) is 10.8 Å². The van der Waals surface area contributed by atoms with E-state index in [1.807, 2.05) is 24.3 Å². The molecule has 1 atom stereocenters. The highest BCUT2D eigenvalue weighted by Crippen LogP contribution is 2.19. The zero-order valence-electron chi connectivity index (χ0n) is 11.9. The highest BCUT2D eigenvalue weighted by atomic mass is 79.9. The lowest BCUT2D eigenvalue weighted by Crippen LogP contribution is -2.32. The van der Waals surface area contributed by atoms with Gasteiger partial charge in [-0.25, -0.2) is 0 Å². The average molecular weight is 334 g/mol. The van der Waals surface area contributed by atoms with E-state index < -0.39 is 0 Å². The van der Waals surface area contributed by atoms with Gasteiger partial charge in [-0.15, -0.1) is 0 Å². The predicted molar refractivity (Wildman–Crippen MR) is 88.2 cm³/mol. The van der Waals surface area contributed by atoms with Crippen LogP contribution in [0.1, 0.15) is 19.4 Å². The maximum atomic E-state index is 12.1. The lowest BCUT2D eigenvalue weighted by molar-refractivity contribution is -0.120. The first-order chi connectivity index (χ1) is 9.58. The molecule has 0 radical (unpaired) electrons. The molecule has 3 heteroatoms. The average Bonchev–Trinajstić information content (AvgIpc) is 2.45. The van der Waals surface area contributed by atoms with Crippen molar-refractivity contribution in [1.29, 1.82) is 0 Å². The van der Waals surface area contributed by atoms with Crippen LogP contribution in [0.15, 0.2) is 42.5 Å². The number of fused-ring (bicyclic) bond motifs is 1. The van der Waals surface area contributed by atoms with Gasteiger partial charge in [-0.05, 0) is 22.3 Å². The Kier molecular flexibility index (Phi) is 5.18. The Morgan fingerprint density at radius 1 is 1.15 bits per heavy atom. The number of hydrogen-bond donors (Lipinski definition) is 1. The SMILES string of the molecule is CC(C)C(Br)CNC(=O)Cc1cccc2ccccc12. The Labute approximate surface area is 128 Å². The monoisotopic (exact) mass is 333 g/mol. The fraction of sp³-hybridized carbons (Fsp3) is 0.353. The Morgan fingerprint density at radius 3 is 2.60 bits per heavy atom. The molecule has 0 bridgehead atoms. The molecule has 1 N–H and O–H groups in total. The second kappa shape index (κ2) is 6.89. The number of benzene rings is 2. The normalized spacial score (nSPS) is 12.6. The van der Waals surface area contributed by atoms with Crippen LogP contribution in [-0.2, 0) is 11.2 Å². The van der Waals surface area contributed by atoms with Crippen molar-refractivity contribution < 1.29 is 4.79 Å². The molecule has 0 saturated carbocycles. The molecular weight excluding hydrogens is 314 g/mol. The highest BCUT2D eigenvalue weighted by molar-refractivity contribution is 9.09. The highest BCUT2D eigenvalue weighted by Gasteiger charge is 2.11. The third-order valence-electron chi connectivity index (χ3n) is 3.45. The summed E-state index contributed by atoms with van der Waals surface area (Å²) in [4.78, 5) is 12.4. The fourth-order valence-corrected chi connectivity index (χ4v) is 2.29. The molecule has 2 rings (SSSR count). The van der Waals surface area contributed by atoms with Crippen LogP contribution in [0.4, 0.5) is 0 Å². The van der Waals surface area contributed by atoms with Crippen molar-refractivity contribution in [2.75, 3.05) is 6.54 Å². The molecule has 0 aliphatic heterocycles. The summed E-state index contributed by atoms with van der Waals surface area (Å²) in [5.41, 5.74) is 1.08. The molecule has 2 nitrogen and oxygen atoms in total. The zero-order valence-corrected chi connectivity index (χ0v) is 13.5. The first-order valence-electron chi connectivity index (χ1n) is 6.95. The number of hydrogen-bond acceptors (Lipinski definition) is 1. The third kappa shape index (κ3) is 3.83. The summed E-state index contributed by atoms with van der Waals surface area (Å²) >= 11 is 3.58. The van der Waals surface area contributed by atoms with Crippen LogP contribution in [0.5, 0.6) is 0 Å². The van der Waals surface area contributed by atoms with Gasteiger partial charge >= 0.3 is 0 Å². The first kappa shape index (κ1) is 15.0. The molecule has 0 heterocycles. The number of amides is 1. The summed E-state index contributed by atoms with van der Waals surface area (Å²) in [6.45, 7) is 4.94. The van der Waals surface area contributed by atoms with E-state index in [-0.39, 0.29) is 5.91 Å². The number of carbonyl (C=O) groups excluding carboxylic acids is 1. The lowest BCUT2D eigenvalue weighted by atomic mass is 10.0. The quantitative estimate of drug-likeness (QED) is 0.825. The zero-order chi connectivity index (χ0) is 14.5. The minimum absolute atomic E-state index is 0.0754. The Morgan fingerprint density at radius 2 is 1.85 bits per heavy atom. The fourth-order valence-electron chi connectivity index (χ4n) is 2.13. The van der Waals surface area contributed by atoms with Crippen LogP contribution in [0.3, 0.4) is 0 Å². The van der Waals surface area contributed by atoms with E-state index >= 15 is 0 Å². The van der Waals surface area contributed by atoms with Crippen LogP contribution in [0.2, 0.25) is 0 Å². The first-order valence-corrected chi connectivity index (χ1v) is 7.87. The number of nitrogens with one attached hydrogen (secondary N) is 1. The van der Waals surface area contributed by atoms with Crippen LogP contribution in [0, 0.1) is 5.92 Å². The van der Waals surface area contributed by atoms with Gasteiger partial charge in [0.15, 0.2) is 0 Å². The van der Waals surface area contributed by atoms with Gasteiger partial charge in [-0.1, -0.05) is 72.2 Å². The minimum Gasteiger partial charge on any atom is -0.355 e. The molecule has 0 fully saturated rings. The predicted octanol–water partition coefficient (Wildman–Crippen LogP) is 3.92. The summed E-state index contributed by atoms with van der Waals surface area (Å²) < 4.78 is 0. The summed E-state index contributed by atoms with van der Waals surface area (Å²) in [5, 5.41) is 5.33. The lowest BCUT2D eigenvalue weighted by Gasteiger charge is -2.14. The number of alkyl halides is 1. The molecule has 0 aliphatic rings. The van der Waals surface area contributed by atoms with Gasteiger partial charge < -0.3 is 5.32 Å². The molecule has 2 aromatic rings. The van der Waals surface area contributed by atoms with E-state index in [0.29, 0.717) is 23.7 Å². The van der Waals surface area contributed by atoms with E-state index in [0.717, 1.165) is 10.9 Å². The van der Waals surface area contributed by atoms with Gasteiger partial charge in [0.1, 0.15) is 0 Å². The largest absolute Gasteiger partial charge is 0.355 e. The Balaban J connectivity index is 2.03. The summed E-state index contributed by atoms with van der Waals surface area (Å²) in [5.74, 6) is 0.583. The molecule has 20 heavy (non-hydrogen) atoms. The second-order valence-electron chi connectivity index (χ2n) is 5.38. The maximum Gasteiger partial charge on any atom is 0.224 e. The standard InChI is InChI=1S/C17H20BrNO/c1-12(2)16(18)11-19-17(20)10-14-8-5-7-13-6-3-4-9-15(13)14/h3-9,12,16H,10-11H2,1-2H3,(H,19,20). The minimum atomic E-state index is 0.0754. The number of halogens is 1. The molecule has 0 spiro atoms. The van der Waals surface area contributed by atoms with Crippen LogP contribution in [-0.4, -0.2) is 17.3 Å². The van der Waals surface area contributed by atoms with Gasteiger partial charge in [0.2, 0.25) is 5.91 Å². The van der Waals surface area contributed by atoms with E-state index in [1.54, 1.807) is 0 Å². The number of rotatable bonds is 5. The van der Waals surface area contributed by atoms with Gasteiger partial charge in [-0.3, -0.25) is 4.79 Å². The van der Waals surface area contributed by atoms with Crippen molar-refractivity contribution >= 4 is 32.6 Å². The molecule has 1 unspecified atom stereocenters. The van der Waals surface area contributed by atoms with Crippen molar-refractivity contribution in [2.24, 2.45) is 5.92 Å². The smallest absolute Gasteiger partial charge is 0.224 e. The topological polar surface area (TPSA) is 29.1 Å². The Hall–Kier alpha value is -1.35. The third-order valence-corrected chi connectivity index (χ3v) is 4.83. The van der Waals surface area contributed by atoms with Gasteiger partial charge in [-0.2, -0.15) is 0 Å². The van der Waals surface area contributed by atoms with Crippen molar-refractivity contribution in [3.8, 4) is 0 Å². The van der Waals surface area contributed by atoms with Crippen molar-refractivity contribution in [2.45, 2.75) is 25.1 Å². The van der Waals surface area contributed by atoms with Gasteiger partial charge in [0, 0.05) is 11.4 Å². The van der Waals surface area contributed by atoms with Gasteiger partial charge in [0.25, 0.3) is 0 Å². The van der Waals surface area contributed by atoms with E-state index in [2.05, 4.69) is 53.3 Å². The second-order valence-corrected chi connectivity index (χ2v) is 6.56. The molecule has 0 saturated heterocycles. The molecule has 2 aromatic carbocycles. The van der Waals surface area contributed by atoms with Gasteiger partial charge in [0.05, 0.1) is 6.42 Å². The van der Waals surface area contributed by atoms with E-state index in [4.69, 9.17) is 0 Å². The Bertz CT molecular complexity index is 589. The summed E-state index contributed by atoms with van der Waals surface area (Å²) in [7, 11) is 0. The van der Waals surface area contributed by atoms with Crippen molar-refractivity contribution in [3.63, 3.8) is 0 Å². The van der Waals surface area contributed by atoms with Crippen LogP contribution >= 0.6 is 15.9 Å². The van der Waals surface area contributed by atoms with Crippen molar-refractivity contribution in [1.82, 2.24) is 5.32 Å². The number of carbonyl (C=O) groups is 1. The van der Waals surface area contributed by atoms with Crippen molar-refractivity contribution in [3.05, 3.63) is 48.0 Å². The summed E-state index contributed by atoms with van der Waals surface area (Å²) in [6.07, 6.45) is 0.430. The molecule has 0 aromatic heterocycles. The molecular formula is C17H20BrNO. The van der Waals surface area contributed by atoms with E-state index in [9.17, 15) is 4.79 Å². The van der Waals surface area contributed by atoms with E-state index in [1.165, 1.54) is 5.39 Å². The summed E-state index contributed by atoms with van der Waals surface area (Å²) in [6, 6.07) is 14.3. The van der Waals surface area contributed by atoms with Crippen LogP contribution < -0.4 is 5.32 Å². The molecule has 1 amide bonds. The molecule has 0 aliphatic carbocycles.